The van der Waals surface area contributed by atoms with E-state index in [4.69, 9.17) is 16.9 Å². The third-order valence-electron chi connectivity index (χ3n) is 5.90. The fourth-order valence-corrected chi connectivity index (χ4v) is 17.4. The highest BCUT2D eigenvalue weighted by molar-refractivity contribution is 6.82. The Balaban J connectivity index is 0. The summed E-state index contributed by atoms with van der Waals surface area (Å²) >= 11 is 5.87. The van der Waals surface area contributed by atoms with E-state index in [1.165, 1.54) is 63.7 Å². The van der Waals surface area contributed by atoms with Gasteiger partial charge >= 0.3 is 0 Å². The fraction of sp³-hybridized carbons (Fsp3) is 0.581. The highest BCUT2D eigenvalue weighted by Crippen LogP contribution is 2.36. The molecule has 0 aliphatic heterocycles. The normalized spacial score (nSPS) is 11.0. The lowest BCUT2D eigenvalue weighted by atomic mass is 10.4. The largest absolute Gasteiger partial charge is 0.198 e. The standard InChI is InChI=1S/C16H27NSi.C15H27ClSi/c1-14(2)11-18(12-15(3)4,13-16(5)6)10-8-7-9-17;1-13(2)10-17(9-7-8-16,11-14(3)4)12-15(5)6/h1,3,5,7-8,10-13H2,2,4,6H3;1,3,5,7-12H2,2,4,6H3. The SMILES string of the molecule is C=C(C)C[Si](CCCC#N)(CC(=C)C)CC(=C)C.C=C(C)C[Si](CCCCl)(CC(=C)C)CC(=C)C. The molecule has 0 saturated heterocycles. The van der Waals surface area contributed by atoms with E-state index in [2.05, 4.69) is 87.1 Å². The third kappa shape index (κ3) is 19.5. The van der Waals surface area contributed by atoms with Crippen LogP contribution in [0.25, 0.3) is 0 Å². The van der Waals surface area contributed by atoms with Crippen LogP contribution in [-0.2, 0) is 0 Å². The van der Waals surface area contributed by atoms with E-state index in [9.17, 15) is 0 Å². The van der Waals surface area contributed by atoms with Gasteiger partial charge in [-0.2, -0.15) is 5.26 Å². The molecule has 0 aliphatic rings. The van der Waals surface area contributed by atoms with Gasteiger partial charge in [-0.05, 0) is 90.6 Å². The lowest BCUT2D eigenvalue weighted by molar-refractivity contribution is 0.922. The topological polar surface area (TPSA) is 23.8 Å². The Morgan fingerprint density at radius 3 is 1.03 bits per heavy atom. The smallest absolute Gasteiger partial charge is 0.0656 e. The second-order valence-corrected chi connectivity index (χ2v) is 21.1. The van der Waals surface area contributed by atoms with E-state index >= 15 is 0 Å². The number of halogens is 1. The molecule has 0 amide bonds. The van der Waals surface area contributed by atoms with Crippen LogP contribution in [0.2, 0.25) is 48.4 Å². The lowest BCUT2D eigenvalue weighted by Crippen LogP contribution is -2.34. The Bertz CT molecular complexity index is 703. The van der Waals surface area contributed by atoms with Gasteiger partial charge in [0.25, 0.3) is 0 Å². The van der Waals surface area contributed by atoms with Crippen molar-refractivity contribution >= 4 is 27.7 Å². The van der Waals surface area contributed by atoms with Crippen LogP contribution in [0.15, 0.2) is 72.9 Å². The molecule has 0 rings (SSSR count). The molecule has 0 aromatic rings. The van der Waals surface area contributed by atoms with Crippen LogP contribution in [0.3, 0.4) is 0 Å². The first-order valence-electron chi connectivity index (χ1n) is 12.9. The van der Waals surface area contributed by atoms with Crippen LogP contribution in [0.5, 0.6) is 0 Å². The molecule has 35 heavy (non-hydrogen) atoms. The van der Waals surface area contributed by atoms with Crippen LogP contribution in [0.4, 0.5) is 0 Å². The molecule has 0 N–H and O–H groups in total. The summed E-state index contributed by atoms with van der Waals surface area (Å²) in [5.74, 6) is 0.761. The zero-order valence-electron chi connectivity index (χ0n) is 24.1. The van der Waals surface area contributed by atoms with E-state index in [0.29, 0.717) is 6.42 Å². The van der Waals surface area contributed by atoms with Crippen molar-refractivity contribution in [3.05, 3.63) is 72.9 Å². The average molecular weight is 532 g/mol. The first kappa shape index (κ1) is 35.8. The molecule has 4 heteroatoms. The van der Waals surface area contributed by atoms with Crippen LogP contribution < -0.4 is 0 Å². The summed E-state index contributed by atoms with van der Waals surface area (Å²) in [5.41, 5.74) is 7.69. The molecule has 0 unspecified atom stereocenters. The second kappa shape index (κ2) is 18.9. The number of nitrogens with zero attached hydrogens (tertiary/aromatic N) is 1. The summed E-state index contributed by atoms with van der Waals surface area (Å²) in [6.07, 6.45) is 2.79. The third-order valence-corrected chi connectivity index (χ3v) is 17.1. The van der Waals surface area contributed by atoms with Crippen molar-refractivity contribution in [3.63, 3.8) is 0 Å². The summed E-state index contributed by atoms with van der Waals surface area (Å²) in [4.78, 5) is 0. The number of nitriles is 1. The van der Waals surface area contributed by atoms with Crippen molar-refractivity contribution in [2.24, 2.45) is 0 Å². The Hall–Kier alpha value is -1.35. The van der Waals surface area contributed by atoms with Gasteiger partial charge in [0.15, 0.2) is 0 Å². The van der Waals surface area contributed by atoms with Crippen molar-refractivity contribution in [1.29, 1.82) is 5.26 Å². The van der Waals surface area contributed by atoms with Gasteiger partial charge < -0.3 is 0 Å². The molecule has 0 aromatic heterocycles. The van der Waals surface area contributed by atoms with Crippen molar-refractivity contribution in [2.45, 2.75) is 109 Å². The molecule has 0 fully saturated rings. The van der Waals surface area contributed by atoms with Gasteiger partial charge in [0.2, 0.25) is 0 Å². The number of alkyl halides is 1. The summed E-state index contributed by atoms with van der Waals surface area (Å²) in [7, 11) is -2.86. The summed E-state index contributed by atoms with van der Waals surface area (Å²) in [6.45, 7) is 37.4. The second-order valence-electron chi connectivity index (χ2n) is 11.6. The average Bonchev–Trinajstić information content (AvgIpc) is 2.63. The van der Waals surface area contributed by atoms with Gasteiger partial charge in [-0.1, -0.05) is 45.5 Å². The first-order valence-corrected chi connectivity index (χ1v) is 19.1. The van der Waals surface area contributed by atoms with Crippen LogP contribution in [0.1, 0.15) is 60.8 Å². The molecular formula is C31H54ClNSi2. The summed E-state index contributed by atoms with van der Waals surface area (Å²) in [6, 6.07) is 11.7. The highest BCUT2D eigenvalue weighted by Gasteiger charge is 2.33. The summed E-state index contributed by atoms with van der Waals surface area (Å²) < 4.78 is 0. The number of unbranched alkanes of at least 4 members (excludes halogenated alkanes) is 1. The van der Waals surface area contributed by atoms with Crippen molar-refractivity contribution in [2.75, 3.05) is 5.88 Å². The molecule has 0 atom stereocenters. The molecule has 0 spiro atoms. The van der Waals surface area contributed by atoms with Gasteiger partial charge in [0, 0.05) is 12.3 Å². The highest BCUT2D eigenvalue weighted by atomic mass is 35.5. The first-order chi connectivity index (χ1) is 16.1. The monoisotopic (exact) mass is 531 g/mol. The molecular weight excluding hydrogens is 478 g/mol. The maximum absolute atomic E-state index is 8.72. The fourth-order valence-electron chi connectivity index (χ4n) is 5.73. The van der Waals surface area contributed by atoms with Gasteiger partial charge in [-0.15, -0.1) is 51.1 Å². The molecule has 0 aromatic carbocycles. The number of hydrogen-bond acceptors (Lipinski definition) is 1. The molecule has 0 bridgehead atoms. The van der Waals surface area contributed by atoms with E-state index in [0.717, 1.165) is 36.9 Å². The molecule has 0 radical (unpaired) electrons. The number of allylic oxidation sites excluding steroid dienone is 6. The van der Waals surface area contributed by atoms with Crippen LogP contribution in [0, 0.1) is 11.3 Å². The maximum Gasteiger partial charge on any atom is 0.0656 e. The predicted octanol–water partition coefficient (Wildman–Crippen LogP) is 11.3. The minimum Gasteiger partial charge on any atom is -0.198 e. The molecule has 0 saturated carbocycles. The van der Waals surface area contributed by atoms with Gasteiger partial charge in [0.05, 0.1) is 22.2 Å². The number of hydrogen-bond donors (Lipinski definition) is 0. The zero-order chi connectivity index (χ0) is 27.7. The Morgan fingerprint density at radius 2 is 0.829 bits per heavy atom. The van der Waals surface area contributed by atoms with Crippen LogP contribution in [-0.4, -0.2) is 22.0 Å². The van der Waals surface area contributed by atoms with Gasteiger partial charge in [-0.25, -0.2) is 0 Å². The Morgan fingerprint density at radius 1 is 0.571 bits per heavy atom. The Labute approximate surface area is 226 Å². The van der Waals surface area contributed by atoms with Crippen LogP contribution >= 0.6 is 11.6 Å². The predicted molar refractivity (Wildman–Crippen MR) is 169 cm³/mol. The molecule has 198 valence electrons. The molecule has 0 heterocycles. The molecule has 0 aliphatic carbocycles. The van der Waals surface area contributed by atoms with Gasteiger partial charge in [0.1, 0.15) is 0 Å². The van der Waals surface area contributed by atoms with E-state index in [1.54, 1.807) is 0 Å². The number of rotatable bonds is 18. The van der Waals surface area contributed by atoms with E-state index < -0.39 is 16.1 Å². The Kier molecular flexibility index (Phi) is 19.3. The van der Waals surface area contributed by atoms with Crippen molar-refractivity contribution < 1.29 is 0 Å². The minimum atomic E-state index is -1.47. The zero-order valence-corrected chi connectivity index (χ0v) is 26.8. The van der Waals surface area contributed by atoms with E-state index in [-0.39, 0.29) is 0 Å². The van der Waals surface area contributed by atoms with Crippen molar-refractivity contribution in [3.8, 4) is 6.07 Å². The summed E-state index contributed by atoms with van der Waals surface area (Å²) in [5, 5.41) is 8.72. The maximum atomic E-state index is 8.72. The molecule has 1 nitrogen and oxygen atoms in total. The van der Waals surface area contributed by atoms with Gasteiger partial charge in [-0.3, -0.25) is 0 Å². The lowest BCUT2D eigenvalue weighted by Gasteiger charge is -2.33. The van der Waals surface area contributed by atoms with E-state index in [1.807, 2.05) is 0 Å². The van der Waals surface area contributed by atoms with Crippen molar-refractivity contribution in [1.82, 2.24) is 0 Å². The minimum absolute atomic E-state index is 0.664. The quantitative estimate of drug-likeness (QED) is 0.0746.